The van der Waals surface area contributed by atoms with Crippen LogP contribution in [0.3, 0.4) is 0 Å². The summed E-state index contributed by atoms with van der Waals surface area (Å²) in [5.41, 5.74) is 8.84. The van der Waals surface area contributed by atoms with Crippen LogP contribution in [0.15, 0.2) is 134 Å². The standard InChI is InChI=1S/C25H19N.C5H10.C4H8.C2H4/c1-18-14-15-25-23(16-18)22-12-5-6-13-24(22)26(25)21-11-7-10-20(17-21)19-8-3-2-4-9-19;1-4-5(2)3;1-3-4-2;1-2/h2-17H,1H3;4H,1-3H3;3-4H,1-2H3;1-2H2/b;;4-3-;. The van der Waals surface area contributed by atoms with Crippen molar-refractivity contribution in [2.45, 2.75) is 41.5 Å². The van der Waals surface area contributed by atoms with Crippen molar-refractivity contribution < 1.29 is 0 Å². The highest BCUT2D eigenvalue weighted by atomic mass is 15.0. The molecule has 0 amide bonds. The van der Waals surface area contributed by atoms with E-state index in [1.807, 2.05) is 32.9 Å². The predicted molar refractivity (Wildman–Crippen MR) is 168 cm³/mol. The molecule has 0 unspecified atom stereocenters. The second-order valence-corrected chi connectivity index (χ2v) is 8.82. The van der Waals surface area contributed by atoms with Crippen molar-refractivity contribution in [1.82, 2.24) is 4.57 Å². The Morgan fingerprint density at radius 3 is 1.81 bits per heavy atom. The van der Waals surface area contributed by atoms with Crippen LogP contribution in [-0.2, 0) is 0 Å². The molecule has 37 heavy (non-hydrogen) atoms. The van der Waals surface area contributed by atoms with Gasteiger partial charge in [-0.25, -0.2) is 0 Å². The highest BCUT2D eigenvalue weighted by Gasteiger charge is 2.12. The molecule has 1 aromatic heterocycles. The van der Waals surface area contributed by atoms with Gasteiger partial charge in [0.1, 0.15) is 0 Å². The maximum Gasteiger partial charge on any atom is 0.0541 e. The molecule has 0 N–H and O–H groups in total. The van der Waals surface area contributed by atoms with E-state index < -0.39 is 0 Å². The normalized spacial score (nSPS) is 10.0. The van der Waals surface area contributed by atoms with E-state index in [-0.39, 0.29) is 0 Å². The number of fused-ring (bicyclic) bond motifs is 3. The van der Waals surface area contributed by atoms with Crippen LogP contribution in [-0.4, -0.2) is 4.57 Å². The van der Waals surface area contributed by atoms with E-state index in [9.17, 15) is 0 Å². The van der Waals surface area contributed by atoms with Crippen LogP contribution >= 0.6 is 0 Å². The third-order valence-corrected chi connectivity index (χ3v) is 5.95. The van der Waals surface area contributed by atoms with Crippen molar-refractivity contribution in [3.8, 4) is 16.8 Å². The summed E-state index contributed by atoms with van der Waals surface area (Å²) >= 11 is 0. The van der Waals surface area contributed by atoms with Gasteiger partial charge in [0.25, 0.3) is 0 Å². The predicted octanol–water partition coefficient (Wildman–Crippen LogP) is 11.1. The Bertz CT molecular complexity index is 1440. The molecular weight excluding hydrogens is 446 g/mol. The third-order valence-electron chi connectivity index (χ3n) is 5.95. The zero-order valence-corrected chi connectivity index (χ0v) is 23.3. The molecule has 0 bridgehead atoms. The van der Waals surface area contributed by atoms with Gasteiger partial charge in [0, 0.05) is 16.5 Å². The number of aryl methyl sites for hydroxylation is 1. The minimum Gasteiger partial charge on any atom is -0.309 e. The highest BCUT2D eigenvalue weighted by Crippen LogP contribution is 2.33. The summed E-state index contributed by atoms with van der Waals surface area (Å²) in [6.07, 6.45) is 6.08. The van der Waals surface area contributed by atoms with Gasteiger partial charge in [0.05, 0.1) is 11.0 Å². The Labute approximate surface area is 224 Å². The fourth-order valence-electron chi connectivity index (χ4n) is 3.82. The van der Waals surface area contributed by atoms with Gasteiger partial charge < -0.3 is 4.57 Å². The minimum atomic E-state index is 1.20. The van der Waals surface area contributed by atoms with Crippen LogP contribution in [0.5, 0.6) is 0 Å². The van der Waals surface area contributed by atoms with E-state index in [4.69, 9.17) is 0 Å². The first kappa shape index (κ1) is 29.1. The average Bonchev–Trinajstić information content (AvgIpc) is 3.28. The molecule has 0 aliphatic heterocycles. The number of aromatic nitrogens is 1. The maximum absolute atomic E-state index is 3.00. The Morgan fingerprint density at radius 2 is 1.19 bits per heavy atom. The molecule has 0 spiro atoms. The van der Waals surface area contributed by atoms with Gasteiger partial charge in [0.15, 0.2) is 0 Å². The summed E-state index contributed by atoms with van der Waals surface area (Å²) in [5.74, 6) is 0. The van der Waals surface area contributed by atoms with E-state index in [1.165, 1.54) is 49.8 Å². The number of nitrogens with zero attached hydrogens (tertiary/aromatic N) is 1. The van der Waals surface area contributed by atoms with Crippen molar-refractivity contribution in [2.75, 3.05) is 0 Å². The molecule has 190 valence electrons. The molecule has 0 aliphatic rings. The molecule has 0 fully saturated rings. The van der Waals surface area contributed by atoms with Crippen LogP contribution in [0, 0.1) is 6.92 Å². The lowest BCUT2D eigenvalue weighted by molar-refractivity contribution is 1.18. The van der Waals surface area contributed by atoms with E-state index in [0.29, 0.717) is 0 Å². The van der Waals surface area contributed by atoms with E-state index in [0.717, 1.165) is 0 Å². The van der Waals surface area contributed by atoms with Gasteiger partial charge in [-0.05, 0) is 83.0 Å². The second-order valence-electron chi connectivity index (χ2n) is 8.82. The molecule has 5 rings (SSSR count). The minimum absolute atomic E-state index is 1.20. The zero-order chi connectivity index (χ0) is 27.2. The molecule has 4 aromatic carbocycles. The maximum atomic E-state index is 3.00. The third kappa shape index (κ3) is 7.69. The molecule has 0 atom stereocenters. The first-order chi connectivity index (χ1) is 18.0. The van der Waals surface area contributed by atoms with Crippen LogP contribution in [0.4, 0.5) is 0 Å². The summed E-state index contributed by atoms with van der Waals surface area (Å²) < 4.78 is 2.37. The fourth-order valence-corrected chi connectivity index (χ4v) is 3.82. The van der Waals surface area contributed by atoms with Crippen molar-refractivity contribution in [1.29, 1.82) is 0 Å². The van der Waals surface area contributed by atoms with Gasteiger partial charge in [-0.2, -0.15) is 0 Å². The van der Waals surface area contributed by atoms with Crippen molar-refractivity contribution in [3.63, 3.8) is 0 Å². The summed E-state index contributed by atoms with van der Waals surface area (Å²) in [6, 6.07) is 34.7. The molecule has 1 heterocycles. The van der Waals surface area contributed by atoms with Crippen LogP contribution in [0.1, 0.15) is 40.2 Å². The highest BCUT2D eigenvalue weighted by molar-refractivity contribution is 6.09. The summed E-state index contributed by atoms with van der Waals surface area (Å²) in [7, 11) is 0. The number of para-hydroxylation sites is 1. The van der Waals surface area contributed by atoms with Gasteiger partial charge in [-0.1, -0.05) is 96.1 Å². The van der Waals surface area contributed by atoms with Crippen LogP contribution < -0.4 is 0 Å². The Kier molecular flexibility index (Phi) is 11.9. The average molecular weight is 488 g/mol. The SMILES string of the molecule is C/C=C\C.C=C.CC=C(C)C.Cc1ccc2c(c1)c1ccccc1n2-c1cccc(-c2ccccc2)c1. The number of benzene rings is 4. The van der Waals surface area contributed by atoms with E-state index in [2.05, 4.69) is 142 Å². The van der Waals surface area contributed by atoms with Gasteiger partial charge in [-0.15, -0.1) is 13.2 Å². The molecule has 0 aliphatic carbocycles. The summed E-state index contributed by atoms with van der Waals surface area (Å²) in [5, 5.41) is 2.61. The number of allylic oxidation sites excluding steroid dienone is 4. The fraction of sp³-hybridized carbons (Fsp3) is 0.167. The second kappa shape index (κ2) is 15.1. The Balaban J connectivity index is 0.000000376. The topological polar surface area (TPSA) is 4.93 Å². The van der Waals surface area contributed by atoms with Crippen molar-refractivity contribution in [3.05, 3.63) is 140 Å². The lowest BCUT2D eigenvalue weighted by atomic mass is 10.1. The monoisotopic (exact) mass is 487 g/mol. The molecule has 5 aromatic rings. The van der Waals surface area contributed by atoms with Crippen molar-refractivity contribution in [2.24, 2.45) is 0 Å². The molecule has 1 heteroatoms. The number of hydrogen-bond acceptors (Lipinski definition) is 0. The van der Waals surface area contributed by atoms with Gasteiger partial charge >= 0.3 is 0 Å². The van der Waals surface area contributed by atoms with Gasteiger partial charge in [0.2, 0.25) is 0 Å². The first-order valence-electron chi connectivity index (χ1n) is 12.8. The summed E-state index contributed by atoms with van der Waals surface area (Å²) in [6.45, 7) is 18.4. The molecule has 0 saturated carbocycles. The number of rotatable bonds is 2. The molecular formula is C36H41N. The number of hydrogen-bond donors (Lipinski definition) is 0. The van der Waals surface area contributed by atoms with E-state index in [1.54, 1.807) is 0 Å². The van der Waals surface area contributed by atoms with Crippen molar-refractivity contribution >= 4 is 21.8 Å². The largest absolute Gasteiger partial charge is 0.309 e. The lowest BCUT2D eigenvalue weighted by Crippen LogP contribution is -1.94. The smallest absolute Gasteiger partial charge is 0.0541 e. The zero-order valence-electron chi connectivity index (χ0n) is 23.3. The lowest BCUT2D eigenvalue weighted by Gasteiger charge is -2.10. The molecule has 1 nitrogen and oxygen atoms in total. The van der Waals surface area contributed by atoms with Crippen LogP contribution in [0.25, 0.3) is 38.6 Å². The Hall–Kier alpha value is -4.10. The first-order valence-corrected chi connectivity index (χ1v) is 12.8. The summed E-state index contributed by atoms with van der Waals surface area (Å²) in [4.78, 5) is 0. The molecule has 0 saturated heterocycles. The van der Waals surface area contributed by atoms with Gasteiger partial charge in [-0.3, -0.25) is 0 Å². The van der Waals surface area contributed by atoms with E-state index >= 15 is 0 Å². The quantitative estimate of drug-likeness (QED) is 0.218. The molecule has 0 radical (unpaired) electrons. The Morgan fingerprint density at radius 1 is 0.622 bits per heavy atom. The van der Waals surface area contributed by atoms with Crippen LogP contribution in [0.2, 0.25) is 0 Å².